The van der Waals surface area contributed by atoms with Crippen LogP contribution < -0.4 is 4.74 Å². The summed E-state index contributed by atoms with van der Waals surface area (Å²) in [6, 6.07) is 7.87. The summed E-state index contributed by atoms with van der Waals surface area (Å²) >= 11 is 0. The predicted octanol–water partition coefficient (Wildman–Crippen LogP) is 3.40. The molecule has 1 aliphatic rings. The van der Waals surface area contributed by atoms with E-state index < -0.39 is 0 Å². The number of methoxy groups -OCH3 is 1. The van der Waals surface area contributed by atoms with Gasteiger partial charge in [-0.25, -0.2) is 0 Å². The summed E-state index contributed by atoms with van der Waals surface area (Å²) in [7, 11) is 5.73. The molecule has 3 nitrogen and oxygen atoms in total. The van der Waals surface area contributed by atoms with E-state index in [0.717, 1.165) is 49.1 Å². The number of ether oxygens (including phenoxy) is 1. The van der Waals surface area contributed by atoms with E-state index in [4.69, 9.17) is 4.74 Å². The molecular formula is C18H25NO2. The topological polar surface area (TPSA) is 29.5 Å². The van der Waals surface area contributed by atoms with Crippen LogP contribution >= 0.6 is 0 Å². The molecule has 1 aliphatic carbocycles. The molecule has 1 aromatic carbocycles. The maximum absolute atomic E-state index is 12.7. The fourth-order valence-electron chi connectivity index (χ4n) is 2.95. The minimum absolute atomic E-state index is 0.128. The number of ketones is 1. The van der Waals surface area contributed by atoms with Gasteiger partial charge in [0.25, 0.3) is 0 Å². The summed E-state index contributed by atoms with van der Waals surface area (Å²) in [5, 5.41) is 0. The molecule has 0 saturated heterocycles. The molecule has 0 heterocycles. The van der Waals surface area contributed by atoms with Gasteiger partial charge in [0.05, 0.1) is 7.11 Å². The van der Waals surface area contributed by atoms with Gasteiger partial charge < -0.3 is 9.64 Å². The number of allylic oxidation sites excluding steroid dienone is 1. The van der Waals surface area contributed by atoms with Crippen molar-refractivity contribution in [3.05, 3.63) is 35.4 Å². The predicted molar refractivity (Wildman–Crippen MR) is 86.5 cm³/mol. The summed E-state index contributed by atoms with van der Waals surface area (Å²) in [4.78, 5) is 14.9. The molecule has 2 rings (SSSR count). The van der Waals surface area contributed by atoms with Gasteiger partial charge in [0.1, 0.15) is 5.75 Å². The largest absolute Gasteiger partial charge is 0.496 e. The zero-order valence-electron chi connectivity index (χ0n) is 13.3. The lowest BCUT2D eigenvalue weighted by molar-refractivity contribution is -0.119. The van der Waals surface area contributed by atoms with Gasteiger partial charge in [0.2, 0.25) is 0 Å². The van der Waals surface area contributed by atoms with Gasteiger partial charge in [0.15, 0.2) is 5.78 Å². The Morgan fingerprint density at radius 2 is 2.05 bits per heavy atom. The second-order valence-electron chi connectivity index (χ2n) is 5.98. The monoisotopic (exact) mass is 287 g/mol. The zero-order valence-corrected chi connectivity index (χ0v) is 13.3. The molecule has 1 aromatic rings. The Morgan fingerprint density at radius 3 is 2.76 bits per heavy atom. The van der Waals surface area contributed by atoms with Crippen molar-refractivity contribution in [2.75, 3.05) is 27.7 Å². The van der Waals surface area contributed by atoms with Crippen molar-refractivity contribution in [3.63, 3.8) is 0 Å². The number of carbonyl (C=O) groups excluding carboxylic acids is 1. The second-order valence-corrected chi connectivity index (χ2v) is 5.98. The van der Waals surface area contributed by atoms with E-state index in [1.807, 2.05) is 44.4 Å². The zero-order chi connectivity index (χ0) is 15.2. The summed E-state index contributed by atoms with van der Waals surface area (Å²) < 4.78 is 5.38. The van der Waals surface area contributed by atoms with Gasteiger partial charge in [0, 0.05) is 18.0 Å². The number of nitrogens with zero attached hydrogens (tertiary/aromatic N) is 1. The molecule has 0 bridgehead atoms. The summed E-state index contributed by atoms with van der Waals surface area (Å²) in [5.41, 5.74) is 1.94. The van der Waals surface area contributed by atoms with Gasteiger partial charge in [-0.1, -0.05) is 24.6 Å². The molecule has 1 saturated carbocycles. The van der Waals surface area contributed by atoms with E-state index >= 15 is 0 Å². The quantitative estimate of drug-likeness (QED) is 0.628. The molecule has 0 amide bonds. The standard InChI is InChI=1S/C18H25NO2/c1-19(2)13-16-10-5-4-9-15(18(16)20)12-14-8-6-7-11-17(14)21-3/h6-8,11-12,16H,4-5,9-10,13H2,1-3H3. The minimum atomic E-state index is 0.128. The lowest BCUT2D eigenvalue weighted by Gasteiger charge is -2.18. The van der Waals surface area contributed by atoms with Crippen LogP contribution in [0.15, 0.2) is 29.8 Å². The summed E-state index contributed by atoms with van der Waals surface area (Å²) in [5.74, 6) is 1.27. The molecule has 1 fully saturated rings. The lowest BCUT2D eigenvalue weighted by Crippen LogP contribution is -2.27. The lowest BCUT2D eigenvalue weighted by atomic mass is 9.94. The SMILES string of the molecule is COc1ccccc1C=C1CCCCC(CN(C)C)C1=O. The molecule has 1 atom stereocenters. The first-order valence-corrected chi connectivity index (χ1v) is 7.64. The first kappa shape index (κ1) is 15.8. The Bertz CT molecular complexity index is 520. The number of rotatable bonds is 4. The molecule has 0 aromatic heterocycles. The van der Waals surface area contributed by atoms with Crippen molar-refractivity contribution in [1.29, 1.82) is 0 Å². The second kappa shape index (κ2) is 7.41. The number of Topliss-reactive ketones (excluding diaryl/α,β-unsaturated/α-hetero) is 1. The van der Waals surface area contributed by atoms with Crippen LogP contribution in [-0.4, -0.2) is 38.4 Å². The summed E-state index contributed by atoms with van der Waals surface area (Å²) in [6.07, 6.45) is 6.13. The van der Waals surface area contributed by atoms with Gasteiger partial charge in [-0.05, 0) is 51.1 Å². The van der Waals surface area contributed by atoms with E-state index in [0.29, 0.717) is 5.78 Å². The molecule has 0 radical (unpaired) electrons. The number of benzene rings is 1. The normalized spacial score (nSPS) is 21.6. The molecule has 0 N–H and O–H groups in total. The Morgan fingerprint density at radius 1 is 1.29 bits per heavy atom. The smallest absolute Gasteiger partial charge is 0.163 e. The van der Waals surface area contributed by atoms with Crippen LogP contribution in [0.1, 0.15) is 31.2 Å². The molecule has 21 heavy (non-hydrogen) atoms. The van der Waals surface area contributed by atoms with Crippen LogP contribution in [0.5, 0.6) is 5.75 Å². The van der Waals surface area contributed by atoms with Gasteiger partial charge in [-0.3, -0.25) is 4.79 Å². The highest BCUT2D eigenvalue weighted by Crippen LogP contribution is 2.28. The van der Waals surface area contributed by atoms with Crippen molar-refractivity contribution in [2.45, 2.75) is 25.7 Å². The first-order valence-electron chi connectivity index (χ1n) is 7.64. The van der Waals surface area contributed by atoms with Crippen molar-refractivity contribution in [2.24, 2.45) is 5.92 Å². The Balaban J connectivity index is 2.27. The third-order valence-electron chi connectivity index (χ3n) is 3.99. The highest BCUT2D eigenvalue weighted by atomic mass is 16.5. The highest BCUT2D eigenvalue weighted by molar-refractivity contribution is 6.01. The average Bonchev–Trinajstić information content (AvgIpc) is 2.63. The van der Waals surface area contributed by atoms with Crippen molar-refractivity contribution < 1.29 is 9.53 Å². The van der Waals surface area contributed by atoms with Gasteiger partial charge in [-0.2, -0.15) is 0 Å². The van der Waals surface area contributed by atoms with E-state index in [2.05, 4.69) is 4.90 Å². The van der Waals surface area contributed by atoms with Gasteiger partial charge >= 0.3 is 0 Å². The number of hydrogen-bond donors (Lipinski definition) is 0. The Kier molecular flexibility index (Phi) is 5.57. The van der Waals surface area contributed by atoms with Crippen molar-refractivity contribution in [3.8, 4) is 5.75 Å². The molecule has 1 unspecified atom stereocenters. The summed E-state index contributed by atoms with van der Waals surface area (Å²) in [6.45, 7) is 0.835. The van der Waals surface area contributed by atoms with E-state index in [1.54, 1.807) is 7.11 Å². The number of para-hydroxylation sites is 1. The van der Waals surface area contributed by atoms with E-state index in [9.17, 15) is 4.79 Å². The van der Waals surface area contributed by atoms with Crippen LogP contribution in [0.2, 0.25) is 0 Å². The van der Waals surface area contributed by atoms with Crippen LogP contribution in [0.25, 0.3) is 6.08 Å². The van der Waals surface area contributed by atoms with E-state index in [1.165, 1.54) is 0 Å². The molecule has 114 valence electrons. The van der Waals surface area contributed by atoms with Crippen LogP contribution in [0.4, 0.5) is 0 Å². The maximum atomic E-state index is 12.7. The molecule has 0 spiro atoms. The fourth-order valence-corrected chi connectivity index (χ4v) is 2.95. The fraction of sp³-hybridized carbons (Fsp3) is 0.500. The van der Waals surface area contributed by atoms with Crippen LogP contribution in [0.3, 0.4) is 0 Å². The number of hydrogen-bond acceptors (Lipinski definition) is 3. The average molecular weight is 287 g/mol. The first-order chi connectivity index (χ1) is 10.1. The Hall–Kier alpha value is -1.61. The van der Waals surface area contributed by atoms with E-state index in [-0.39, 0.29) is 5.92 Å². The highest BCUT2D eigenvalue weighted by Gasteiger charge is 2.25. The van der Waals surface area contributed by atoms with Crippen molar-refractivity contribution in [1.82, 2.24) is 4.90 Å². The van der Waals surface area contributed by atoms with Gasteiger partial charge in [-0.15, -0.1) is 0 Å². The van der Waals surface area contributed by atoms with Crippen molar-refractivity contribution >= 4 is 11.9 Å². The minimum Gasteiger partial charge on any atom is -0.496 e. The van der Waals surface area contributed by atoms with Crippen LogP contribution in [-0.2, 0) is 4.79 Å². The maximum Gasteiger partial charge on any atom is 0.163 e. The molecular weight excluding hydrogens is 262 g/mol. The molecule has 0 aliphatic heterocycles. The Labute approximate surface area is 127 Å². The third-order valence-corrected chi connectivity index (χ3v) is 3.99. The van der Waals surface area contributed by atoms with Crippen LogP contribution in [0, 0.1) is 5.92 Å². The molecule has 3 heteroatoms. The third kappa shape index (κ3) is 4.18. The number of carbonyl (C=O) groups is 1.